The van der Waals surface area contributed by atoms with Crippen LogP contribution in [0.5, 0.6) is 5.75 Å². The third-order valence-corrected chi connectivity index (χ3v) is 4.27. The van der Waals surface area contributed by atoms with Crippen LogP contribution in [-0.2, 0) is 5.72 Å². The van der Waals surface area contributed by atoms with E-state index in [4.69, 9.17) is 4.74 Å². The van der Waals surface area contributed by atoms with Crippen molar-refractivity contribution in [2.45, 2.75) is 5.72 Å². The van der Waals surface area contributed by atoms with Gasteiger partial charge in [0.05, 0.1) is 13.7 Å². The predicted octanol–water partition coefficient (Wildman–Crippen LogP) is 1.96. The molecule has 1 atom stereocenters. The van der Waals surface area contributed by atoms with Gasteiger partial charge in [-0.1, -0.05) is 36.4 Å². The van der Waals surface area contributed by atoms with Gasteiger partial charge < -0.3 is 14.7 Å². The molecule has 0 aliphatic carbocycles. The Balaban J connectivity index is 1.91. The Morgan fingerprint density at radius 1 is 1.14 bits per heavy atom. The smallest absolute Gasteiger partial charge is 0.193 e. The molecule has 21 heavy (non-hydrogen) atoms. The zero-order chi connectivity index (χ0) is 14.4. The third kappa shape index (κ3) is 1.56. The Bertz CT molecular complexity index is 724. The molecule has 1 N–H and O–H groups in total. The third-order valence-electron chi connectivity index (χ3n) is 4.27. The van der Waals surface area contributed by atoms with Crippen molar-refractivity contribution < 1.29 is 9.84 Å². The second kappa shape index (κ2) is 4.33. The Morgan fingerprint density at radius 3 is 2.67 bits per heavy atom. The lowest BCUT2D eigenvalue weighted by Gasteiger charge is -2.33. The van der Waals surface area contributed by atoms with Crippen LogP contribution < -0.4 is 4.74 Å². The average molecular weight is 280 g/mol. The highest BCUT2D eigenvalue weighted by atomic mass is 16.5. The minimum atomic E-state index is -1.14. The minimum Gasteiger partial charge on any atom is -0.497 e. The van der Waals surface area contributed by atoms with Crippen LogP contribution in [0.1, 0.15) is 16.7 Å². The molecule has 4 rings (SSSR count). The normalized spacial score (nSPS) is 22.8. The number of amidine groups is 1. The summed E-state index contributed by atoms with van der Waals surface area (Å²) >= 11 is 0. The van der Waals surface area contributed by atoms with Crippen LogP contribution >= 0.6 is 0 Å². The summed E-state index contributed by atoms with van der Waals surface area (Å²) in [5.41, 5.74) is 1.61. The summed E-state index contributed by atoms with van der Waals surface area (Å²) in [6.45, 7) is 1.45. The second-order valence-corrected chi connectivity index (χ2v) is 5.30. The molecule has 0 radical (unpaired) electrons. The second-order valence-electron chi connectivity index (χ2n) is 5.30. The van der Waals surface area contributed by atoms with Crippen LogP contribution in [0, 0.1) is 0 Å². The standard InChI is InChI=1S/C17H16N2O2/c1-21-13-8-6-12(7-9-13)17(20)15-5-3-2-4-14(15)16-18-10-11-19(16)17/h2-9,20H,10-11H2,1H3/t17-/m0/s1. The van der Waals surface area contributed by atoms with Crippen molar-refractivity contribution in [2.75, 3.05) is 20.2 Å². The van der Waals surface area contributed by atoms with Gasteiger partial charge in [0.15, 0.2) is 5.72 Å². The van der Waals surface area contributed by atoms with Crippen molar-refractivity contribution in [1.29, 1.82) is 0 Å². The molecule has 2 aliphatic rings. The van der Waals surface area contributed by atoms with E-state index in [2.05, 4.69) is 4.99 Å². The van der Waals surface area contributed by atoms with Crippen LogP contribution in [0.3, 0.4) is 0 Å². The van der Waals surface area contributed by atoms with E-state index < -0.39 is 5.72 Å². The number of nitrogens with zero attached hydrogens (tertiary/aromatic N) is 2. The highest BCUT2D eigenvalue weighted by Gasteiger charge is 2.49. The molecule has 0 saturated carbocycles. The quantitative estimate of drug-likeness (QED) is 0.914. The van der Waals surface area contributed by atoms with Gasteiger partial charge in [-0.05, 0) is 12.1 Å². The van der Waals surface area contributed by atoms with Gasteiger partial charge in [-0.15, -0.1) is 0 Å². The lowest BCUT2D eigenvalue weighted by Crippen LogP contribution is -2.43. The van der Waals surface area contributed by atoms with Crippen LogP contribution in [-0.4, -0.2) is 36.0 Å². The molecule has 2 heterocycles. The topological polar surface area (TPSA) is 45.1 Å². The maximum Gasteiger partial charge on any atom is 0.193 e. The highest BCUT2D eigenvalue weighted by Crippen LogP contribution is 2.43. The molecule has 0 bridgehead atoms. The summed E-state index contributed by atoms with van der Waals surface area (Å²) in [6, 6.07) is 15.5. The Hall–Kier alpha value is -2.33. The number of hydrogen-bond donors (Lipinski definition) is 1. The molecule has 0 fully saturated rings. The van der Waals surface area contributed by atoms with Crippen molar-refractivity contribution in [3.63, 3.8) is 0 Å². The summed E-state index contributed by atoms with van der Waals surface area (Å²) in [6.07, 6.45) is 0. The largest absolute Gasteiger partial charge is 0.497 e. The lowest BCUT2D eigenvalue weighted by molar-refractivity contribution is -0.0242. The average Bonchev–Trinajstić information content (AvgIpc) is 3.11. The molecule has 0 unspecified atom stereocenters. The van der Waals surface area contributed by atoms with Gasteiger partial charge in [0.25, 0.3) is 0 Å². The van der Waals surface area contributed by atoms with Gasteiger partial charge >= 0.3 is 0 Å². The van der Waals surface area contributed by atoms with Crippen LogP contribution in [0.2, 0.25) is 0 Å². The number of ether oxygens (including phenoxy) is 1. The fourth-order valence-corrected chi connectivity index (χ4v) is 3.26. The maximum atomic E-state index is 11.5. The number of rotatable bonds is 2. The zero-order valence-electron chi connectivity index (χ0n) is 11.8. The van der Waals surface area contributed by atoms with E-state index >= 15 is 0 Å². The van der Waals surface area contributed by atoms with Crippen LogP contribution in [0.15, 0.2) is 53.5 Å². The van der Waals surface area contributed by atoms with E-state index in [1.807, 2.05) is 53.4 Å². The van der Waals surface area contributed by atoms with Gasteiger partial charge in [-0.2, -0.15) is 0 Å². The summed E-state index contributed by atoms with van der Waals surface area (Å²) in [5.74, 6) is 1.67. The van der Waals surface area contributed by atoms with Gasteiger partial charge in [0, 0.05) is 23.2 Å². The number of benzene rings is 2. The predicted molar refractivity (Wildman–Crippen MR) is 80.5 cm³/mol. The van der Waals surface area contributed by atoms with Gasteiger partial charge in [0.1, 0.15) is 11.6 Å². The van der Waals surface area contributed by atoms with E-state index in [0.29, 0.717) is 0 Å². The summed E-state index contributed by atoms with van der Waals surface area (Å²) in [5, 5.41) is 11.5. The Kier molecular flexibility index (Phi) is 2.56. The summed E-state index contributed by atoms with van der Waals surface area (Å²) < 4.78 is 5.20. The van der Waals surface area contributed by atoms with Crippen molar-refractivity contribution in [1.82, 2.24) is 4.90 Å². The molecule has 0 aromatic heterocycles. The molecule has 2 aromatic rings. The van der Waals surface area contributed by atoms with Crippen molar-refractivity contribution in [3.05, 3.63) is 65.2 Å². The highest BCUT2D eigenvalue weighted by molar-refractivity contribution is 6.05. The molecule has 0 spiro atoms. The van der Waals surface area contributed by atoms with Crippen molar-refractivity contribution in [2.24, 2.45) is 4.99 Å². The fraction of sp³-hybridized carbons (Fsp3) is 0.235. The molecular weight excluding hydrogens is 264 g/mol. The lowest BCUT2D eigenvalue weighted by atomic mass is 9.93. The fourth-order valence-electron chi connectivity index (χ4n) is 3.26. The number of methoxy groups -OCH3 is 1. The maximum absolute atomic E-state index is 11.5. The monoisotopic (exact) mass is 280 g/mol. The van der Waals surface area contributed by atoms with Gasteiger partial charge in [-0.3, -0.25) is 4.99 Å². The van der Waals surface area contributed by atoms with E-state index in [-0.39, 0.29) is 0 Å². The molecule has 0 amide bonds. The Labute approximate surface area is 123 Å². The number of fused-ring (bicyclic) bond motifs is 3. The van der Waals surface area contributed by atoms with Gasteiger partial charge in [0.2, 0.25) is 0 Å². The van der Waals surface area contributed by atoms with Crippen molar-refractivity contribution >= 4 is 5.84 Å². The zero-order valence-corrected chi connectivity index (χ0v) is 11.8. The number of aliphatic hydroxyl groups is 1. The molecule has 2 aromatic carbocycles. The van der Waals surface area contributed by atoms with Crippen LogP contribution in [0.25, 0.3) is 0 Å². The van der Waals surface area contributed by atoms with Crippen molar-refractivity contribution in [3.8, 4) is 5.75 Å². The molecule has 2 aliphatic heterocycles. The molecular formula is C17H16N2O2. The van der Waals surface area contributed by atoms with E-state index in [1.165, 1.54) is 0 Å². The SMILES string of the molecule is COc1ccc([C@]2(O)c3ccccc3C3=NCCN32)cc1. The molecule has 106 valence electrons. The van der Waals surface area contributed by atoms with E-state index in [1.54, 1.807) is 7.11 Å². The first-order valence-corrected chi connectivity index (χ1v) is 7.04. The van der Waals surface area contributed by atoms with Gasteiger partial charge in [-0.25, -0.2) is 0 Å². The first-order valence-electron chi connectivity index (χ1n) is 7.04. The minimum absolute atomic E-state index is 0.724. The molecule has 0 saturated heterocycles. The number of hydrogen-bond acceptors (Lipinski definition) is 4. The Morgan fingerprint density at radius 2 is 1.90 bits per heavy atom. The van der Waals surface area contributed by atoms with E-state index in [9.17, 15) is 5.11 Å². The molecule has 4 nitrogen and oxygen atoms in total. The number of aliphatic imine (C=N–C) groups is 1. The summed E-state index contributed by atoms with van der Waals surface area (Å²) in [7, 11) is 1.64. The first kappa shape index (κ1) is 12.4. The van der Waals surface area contributed by atoms with Crippen LogP contribution in [0.4, 0.5) is 0 Å². The summed E-state index contributed by atoms with van der Waals surface area (Å²) in [4.78, 5) is 6.54. The molecule has 4 heteroatoms. The van der Waals surface area contributed by atoms with E-state index in [0.717, 1.165) is 41.4 Å². The first-order chi connectivity index (χ1) is 10.2.